The number of nitrogens with zero attached hydrogens (tertiary/aromatic N) is 1. The van der Waals surface area contributed by atoms with Crippen molar-refractivity contribution in [2.45, 2.75) is 41.0 Å². The van der Waals surface area contributed by atoms with Crippen LogP contribution in [-0.4, -0.2) is 5.71 Å². The molecule has 0 amide bonds. The van der Waals surface area contributed by atoms with Crippen LogP contribution in [0.25, 0.3) is 6.08 Å². The topological polar surface area (TPSA) is 12.4 Å². The summed E-state index contributed by atoms with van der Waals surface area (Å²) < 4.78 is 0. The molecule has 0 bridgehead atoms. The van der Waals surface area contributed by atoms with Gasteiger partial charge < -0.3 is 0 Å². The van der Waals surface area contributed by atoms with Gasteiger partial charge in [-0.25, -0.2) is 0 Å². The average Bonchev–Trinajstić information content (AvgIpc) is 2.37. The number of hydrogen-bond acceptors (Lipinski definition) is 1. The van der Waals surface area contributed by atoms with Gasteiger partial charge in [-0.2, -0.15) is 0 Å². The maximum absolute atomic E-state index is 4.55. The predicted octanol–water partition coefficient (Wildman–Crippen LogP) is 5.09. The highest BCUT2D eigenvalue weighted by Crippen LogP contribution is 2.12. The van der Waals surface area contributed by atoms with Crippen LogP contribution in [0.15, 0.2) is 41.0 Å². The first kappa shape index (κ1) is 14.4. The molecule has 0 atom stereocenters. The summed E-state index contributed by atoms with van der Waals surface area (Å²) in [5.41, 5.74) is 6.21. The smallest absolute Gasteiger partial charge is 0.0426 e. The summed E-state index contributed by atoms with van der Waals surface area (Å²) in [6.07, 6.45) is 7.07. The van der Waals surface area contributed by atoms with Crippen LogP contribution >= 0.6 is 0 Å². The zero-order chi connectivity index (χ0) is 13.5. The number of benzene rings is 1. The second-order valence-electron chi connectivity index (χ2n) is 4.58. The fourth-order valence-electron chi connectivity index (χ4n) is 1.79. The molecule has 1 heteroatoms. The van der Waals surface area contributed by atoms with Crippen molar-refractivity contribution in [3.05, 3.63) is 52.7 Å². The van der Waals surface area contributed by atoms with Gasteiger partial charge in [0, 0.05) is 11.9 Å². The lowest BCUT2D eigenvalue weighted by Gasteiger charge is -2.02. The van der Waals surface area contributed by atoms with E-state index in [1.165, 1.54) is 22.3 Å². The van der Waals surface area contributed by atoms with Gasteiger partial charge in [0.1, 0.15) is 0 Å². The summed E-state index contributed by atoms with van der Waals surface area (Å²) in [6.45, 7) is 10.5. The van der Waals surface area contributed by atoms with Crippen molar-refractivity contribution in [3.8, 4) is 0 Å². The molecule has 1 aromatic carbocycles. The molecule has 0 fully saturated rings. The highest BCUT2D eigenvalue weighted by atomic mass is 14.7. The van der Waals surface area contributed by atoms with E-state index < -0.39 is 0 Å². The Balaban J connectivity index is 2.93. The number of aliphatic imine (C=N–C) groups is 1. The molecule has 0 unspecified atom stereocenters. The standard InChI is InChI=1S/C17H23N/c1-6-14(4)17(7-2)18-11-10-16-12-13(3)8-9-15(16)5/h6,8-12H,7H2,1-5H3/b11-10+,14-6-,18-17-. The molecule has 0 N–H and O–H groups in total. The Kier molecular flexibility index (Phi) is 5.57. The molecule has 0 aliphatic heterocycles. The minimum Gasteiger partial charge on any atom is -0.261 e. The molecule has 0 saturated heterocycles. The minimum atomic E-state index is 0.966. The van der Waals surface area contributed by atoms with Crippen LogP contribution in [0.2, 0.25) is 0 Å². The second-order valence-corrected chi connectivity index (χ2v) is 4.58. The number of hydrogen-bond donors (Lipinski definition) is 0. The van der Waals surface area contributed by atoms with Crippen LogP contribution in [0.5, 0.6) is 0 Å². The van der Waals surface area contributed by atoms with Gasteiger partial charge in [0.15, 0.2) is 0 Å². The van der Waals surface area contributed by atoms with E-state index in [-0.39, 0.29) is 0 Å². The van der Waals surface area contributed by atoms with Crippen LogP contribution in [0.4, 0.5) is 0 Å². The van der Waals surface area contributed by atoms with E-state index >= 15 is 0 Å². The van der Waals surface area contributed by atoms with Crippen LogP contribution in [0.3, 0.4) is 0 Å². The highest BCUT2D eigenvalue weighted by molar-refractivity contribution is 5.99. The first-order chi connectivity index (χ1) is 8.58. The fraction of sp³-hybridized carbons (Fsp3) is 0.353. The Morgan fingerprint density at radius 3 is 2.61 bits per heavy atom. The summed E-state index contributed by atoms with van der Waals surface area (Å²) >= 11 is 0. The van der Waals surface area contributed by atoms with Crippen molar-refractivity contribution in [2.75, 3.05) is 0 Å². The average molecular weight is 241 g/mol. The lowest BCUT2D eigenvalue weighted by atomic mass is 10.1. The molecule has 0 aromatic heterocycles. The van der Waals surface area contributed by atoms with E-state index in [1.807, 2.05) is 6.20 Å². The normalized spacial score (nSPS) is 13.4. The molecule has 18 heavy (non-hydrogen) atoms. The quantitative estimate of drug-likeness (QED) is 0.651. The van der Waals surface area contributed by atoms with E-state index in [0.717, 1.165) is 12.1 Å². The molecular weight excluding hydrogens is 218 g/mol. The van der Waals surface area contributed by atoms with Crippen LogP contribution < -0.4 is 0 Å². The number of allylic oxidation sites excluding steroid dienone is 2. The van der Waals surface area contributed by atoms with Crippen molar-refractivity contribution in [2.24, 2.45) is 4.99 Å². The summed E-state index contributed by atoms with van der Waals surface area (Å²) in [6, 6.07) is 6.48. The lowest BCUT2D eigenvalue weighted by molar-refractivity contribution is 1.25. The van der Waals surface area contributed by atoms with Gasteiger partial charge in [-0.15, -0.1) is 0 Å². The Bertz CT molecular complexity index is 490. The molecule has 1 nitrogen and oxygen atoms in total. The van der Waals surface area contributed by atoms with Crippen molar-refractivity contribution in [3.63, 3.8) is 0 Å². The molecule has 0 aliphatic rings. The molecule has 0 radical (unpaired) electrons. The van der Waals surface area contributed by atoms with E-state index in [0.29, 0.717) is 0 Å². The SMILES string of the molecule is C\C=C(C)/C(CC)=N\C=C\c1cc(C)ccc1C. The molecule has 96 valence electrons. The zero-order valence-electron chi connectivity index (χ0n) is 12.1. The molecule has 1 aromatic rings. The molecule has 0 spiro atoms. The van der Waals surface area contributed by atoms with Gasteiger partial charge in [-0.3, -0.25) is 4.99 Å². The lowest BCUT2D eigenvalue weighted by Crippen LogP contribution is -1.96. The second kappa shape index (κ2) is 6.95. The van der Waals surface area contributed by atoms with E-state index in [4.69, 9.17) is 0 Å². The number of aryl methyl sites for hydroxylation is 2. The Morgan fingerprint density at radius 2 is 2.00 bits per heavy atom. The van der Waals surface area contributed by atoms with Crippen molar-refractivity contribution in [1.82, 2.24) is 0 Å². The largest absolute Gasteiger partial charge is 0.261 e. The maximum Gasteiger partial charge on any atom is 0.0426 e. The summed E-state index contributed by atoms with van der Waals surface area (Å²) in [5, 5.41) is 0. The molecule has 0 aliphatic carbocycles. The summed E-state index contributed by atoms with van der Waals surface area (Å²) in [4.78, 5) is 4.55. The molecule has 0 saturated carbocycles. The van der Waals surface area contributed by atoms with Gasteiger partial charge in [0.2, 0.25) is 0 Å². The van der Waals surface area contributed by atoms with E-state index in [9.17, 15) is 0 Å². The fourth-order valence-corrected chi connectivity index (χ4v) is 1.79. The predicted molar refractivity (Wildman–Crippen MR) is 82.1 cm³/mol. The number of rotatable bonds is 4. The van der Waals surface area contributed by atoms with Gasteiger partial charge >= 0.3 is 0 Å². The Hall–Kier alpha value is -1.63. The first-order valence-electron chi connectivity index (χ1n) is 6.52. The van der Waals surface area contributed by atoms with Gasteiger partial charge in [0.25, 0.3) is 0 Å². The monoisotopic (exact) mass is 241 g/mol. The van der Waals surface area contributed by atoms with E-state index in [2.05, 4.69) is 70.0 Å². The Labute approximate surface area is 111 Å². The molecule has 1 rings (SSSR count). The zero-order valence-corrected chi connectivity index (χ0v) is 12.1. The molecular formula is C17H23N. The maximum atomic E-state index is 4.55. The van der Waals surface area contributed by atoms with Crippen LogP contribution in [0, 0.1) is 13.8 Å². The van der Waals surface area contributed by atoms with Gasteiger partial charge in [0.05, 0.1) is 0 Å². The Morgan fingerprint density at radius 1 is 1.28 bits per heavy atom. The van der Waals surface area contributed by atoms with Crippen molar-refractivity contribution >= 4 is 11.8 Å². The van der Waals surface area contributed by atoms with Crippen LogP contribution in [-0.2, 0) is 0 Å². The van der Waals surface area contributed by atoms with Gasteiger partial charge in [-0.05, 0) is 56.9 Å². The first-order valence-corrected chi connectivity index (χ1v) is 6.52. The molecule has 0 heterocycles. The van der Waals surface area contributed by atoms with Crippen molar-refractivity contribution in [1.29, 1.82) is 0 Å². The van der Waals surface area contributed by atoms with Crippen molar-refractivity contribution < 1.29 is 0 Å². The third-order valence-electron chi connectivity index (χ3n) is 3.14. The van der Waals surface area contributed by atoms with Gasteiger partial charge in [-0.1, -0.05) is 36.8 Å². The minimum absolute atomic E-state index is 0.966. The van der Waals surface area contributed by atoms with E-state index in [1.54, 1.807) is 0 Å². The summed E-state index contributed by atoms with van der Waals surface area (Å²) in [5.74, 6) is 0. The van der Waals surface area contributed by atoms with Crippen LogP contribution in [0.1, 0.15) is 43.9 Å². The summed E-state index contributed by atoms with van der Waals surface area (Å²) in [7, 11) is 0. The third kappa shape index (κ3) is 3.99. The third-order valence-corrected chi connectivity index (χ3v) is 3.14. The highest BCUT2D eigenvalue weighted by Gasteiger charge is 1.96.